The lowest BCUT2D eigenvalue weighted by Crippen LogP contribution is -2.48. The number of hydrogen-bond acceptors (Lipinski definition) is 5. The molecule has 1 saturated heterocycles. The predicted octanol–water partition coefficient (Wildman–Crippen LogP) is 1.40. The molecule has 1 fully saturated rings. The van der Waals surface area contributed by atoms with Crippen LogP contribution in [0.15, 0.2) is 29.2 Å². The molecule has 0 atom stereocenters. The van der Waals surface area contributed by atoms with E-state index >= 15 is 0 Å². The molecular weight excluding hydrogens is 399 g/mol. The number of anilines is 1. The van der Waals surface area contributed by atoms with Crippen molar-refractivity contribution in [2.75, 3.05) is 51.6 Å². The summed E-state index contributed by atoms with van der Waals surface area (Å²) >= 11 is 0. The van der Waals surface area contributed by atoms with E-state index in [4.69, 9.17) is 0 Å². The average molecular weight is 427 g/mol. The molecule has 0 saturated carbocycles. The number of amides is 1. The third kappa shape index (κ3) is 6.68. The van der Waals surface area contributed by atoms with Crippen molar-refractivity contribution >= 4 is 46.4 Å². The van der Waals surface area contributed by atoms with Gasteiger partial charge >= 0.3 is 0 Å². The largest absolute Gasteiger partial charge is 0.326 e. The Balaban J connectivity index is 0.00000312. The molecule has 26 heavy (non-hydrogen) atoms. The lowest BCUT2D eigenvalue weighted by atomic mass is 10.3. The molecule has 1 aromatic rings. The van der Waals surface area contributed by atoms with Gasteiger partial charge in [-0.1, -0.05) is 13.0 Å². The number of nitrogens with zero attached hydrogens (tertiary/aromatic N) is 2. The van der Waals surface area contributed by atoms with Gasteiger partial charge < -0.3 is 15.5 Å². The second kappa shape index (κ2) is 11.7. The van der Waals surface area contributed by atoms with Crippen LogP contribution in [0.25, 0.3) is 0 Å². The first-order valence-electron chi connectivity index (χ1n) is 8.24. The van der Waals surface area contributed by atoms with Crippen molar-refractivity contribution < 1.29 is 13.2 Å². The fourth-order valence-electron chi connectivity index (χ4n) is 2.63. The number of nitrogens with one attached hydrogen (secondary N) is 2. The molecule has 1 heterocycles. The molecule has 7 nitrogen and oxygen atoms in total. The molecule has 2 rings (SSSR count). The highest BCUT2D eigenvalue weighted by Gasteiger charge is 2.28. The van der Waals surface area contributed by atoms with E-state index in [0.717, 1.165) is 19.6 Å². The van der Waals surface area contributed by atoms with Crippen LogP contribution in [0.4, 0.5) is 5.69 Å². The lowest BCUT2D eigenvalue weighted by Gasteiger charge is -2.33. The summed E-state index contributed by atoms with van der Waals surface area (Å²) in [4.78, 5) is 14.2. The summed E-state index contributed by atoms with van der Waals surface area (Å²) in [6.45, 7) is 6.06. The third-order valence-electron chi connectivity index (χ3n) is 4.14. The fraction of sp³-hybridized carbons (Fsp3) is 0.562. The minimum Gasteiger partial charge on any atom is -0.326 e. The summed E-state index contributed by atoms with van der Waals surface area (Å²) in [5.74, 6) is -0.143. The molecular formula is C16H28Cl2N4O3S. The van der Waals surface area contributed by atoms with Gasteiger partial charge in [-0.3, -0.25) is 4.79 Å². The maximum absolute atomic E-state index is 12.8. The van der Waals surface area contributed by atoms with Gasteiger partial charge in [0.25, 0.3) is 0 Å². The monoisotopic (exact) mass is 426 g/mol. The number of piperazine rings is 1. The van der Waals surface area contributed by atoms with Crippen molar-refractivity contribution in [2.45, 2.75) is 18.2 Å². The molecule has 0 bridgehead atoms. The molecule has 1 aliphatic heterocycles. The van der Waals surface area contributed by atoms with Gasteiger partial charge in [-0.15, -0.1) is 24.8 Å². The summed E-state index contributed by atoms with van der Waals surface area (Å²) in [5.41, 5.74) is 0.504. The van der Waals surface area contributed by atoms with Crippen molar-refractivity contribution in [3.8, 4) is 0 Å². The minimum atomic E-state index is -3.53. The summed E-state index contributed by atoms with van der Waals surface area (Å²) < 4.78 is 27.1. The van der Waals surface area contributed by atoms with Gasteiger partial charge in [0.15, 0.2) is 0 Å². The summed E-state index contributed by atoms with van der Waals surface area (Å²) in [6.07, 6.45) is 0.340. The van der Waals surface area contributed by atoms with Gasteiger partial charge in [0.05, 0.1) is 4.90 Å². The van der Waals surface area contributed by atoms with Gasteiger partial charge in [-0.2, -0.15) is 4.31 Å². The Hall–Kier alpha value is -0.900. The predicted molar refractivity (Wildman–Crippen MR) is 109 cm³/mol. The Morgan fingerprint density at radius 1 is 1.15 bits per heavy atom. The molecule has 0 aromatic heterocycles. The Bertz CT molecular complexity index is 665. The molecule has 0 radical (unpaired) electrons. The number of carbonyl (C=O) groups excluding carboxylic acids is 1. The highest BCUT2D eigenvalue weighted by Crippen LogP contribution is 2.21. The molecule has 150 valence electrons. The van der Waals surface area contributed by atoms with Crippen LogP contribution in [-0.4, -0.2) is 69.8 Å². The summed E-state index contributed by atoms with van der Waals surface area (Å²) in [7, 11) is -1.75. The number of rotatable bonds is 7. The van der Waals surface area contributed by atoms with E-state index in [9.17, 15) is 13.2 Å². The molecule has 0 unspecified atom stereocenters. The standard InChI is InChI=1S/C16H26N4O3S.2ClH/c1-3-19-9-11-20(12-10-19)24(22,23)15-6-4-5-14(13-15)18-16(21)7-8-17-2;;/h4-6,13,17H,3,7-12H2,1-2H3,(H,18,21);2*1H. The van der Waals surface area contributed by atoms with Crippen LogP contribution in [-0.2, 0) is 14.8 Å². The molecule has 1 amide bonds. The van der Waals surface area contributed by atoms with E-state index in [2.05, 4.69) is 22.5 Å². The lowest BCUT2D eigenvalue weighted by molar-refractivity contribution is -0.116. The van der Waals surface area contributed by atoms with Gasteiger partial charge in [-0.05, 0) is 31.8 Å². The summed E-state index contributed by atoms with van der Waals surface area (Å²) in [5, 5.41) is 5.64. The zero-order valence-electron chi connectivity index (χ0n) is 15.1. The van der Waals surface area contributed by atoms with Crippen molar-refractivity contribution in [2.24, 2.45) is 0 Å². The average Bonchev–Trinajstić information content (AvgIpc) is 2.60. The van der Waals surface area contributed by atoms with Crippen LogP contribution in [0, 0.1) is 0 Å². The second-order valence-electron chi connectivity index (χ2n) is 5.77. The Morgan fingerprint density at radius 3 is 2.38 bits per heavy atom. The number of likely N-dealkylation sites (N-methyl/N-ethyl adjacent to an activating group) is 1. The van der Waals surface area contributed by atoms with Gasteiger partial charge in [0.1, 0.15) is 0 Å². The van der Waals surface area contributed by atoms with Gasteiger partial charge in [0.2, 0.25) is 15.9 Å². The van der Waals surface area contributed by atoms with Gasteiger partial charge in [-0.25, -0.2) is 8.42 Å². The number of sulfonamides is 1. The number of hydrogen-bond donors (Lipinski definition) is 2. The van der Waals surface area contributed by atoms with Crippen molar-refractivity contribution in [3.05, 3.63) is 24.3 Å². The van der Waals surface area contributed by atoms with E-state index in [0.29, 0.717) is 31.7 Å². The van der Waals surface area contributed by atoms with Crippen LogP contribution in [0.2, 0.25) is 0 Å². The minimum absolute atomic E-state index is 0. The Labute approximate surface area is 168 Å². The van der Waals surface area contributed by atoms with Crippen molar-refractivity contribution in [3.63, 3.8) is 0 Å². The molecule has 2 N–H and O–H groups in total. The van der Waals surface area contributed by atoms with Crippen LogP contribution in [0.1, 0.15) is 13.3 Å². The Morgan fingerprint density at radius 2 is 1.81 bits per heavy atom. The van der Waals surface area contributed by atoms with E-state index in [-0.39, 0.29) is 35.6 Å². The number of halogens is 2. The highest BCUT2D eigenvalue weighted by atomic mass is 35.5. The third-order valence-corrected chi connectivity index (χ3v) is 6.03. The van der Waals surface area contributed by atoms with Crippen molar-refractivity contribution in [1.82, 2.24) is 14.5 Å². The first kappa shape index (κ1) is 25.1. The van der Waals surface area contributed by atoms with Crippen molar-refractivity contribution in [1.29, 1.82) is 0 Å². The Kier molecular flexibility index (Phi) is 11.3. The molecule has 0 aliphatic carbocycles. The fourth-order valence-corrected chi connectivity index (χ4v) is 4.10. The van der Waals surface area contributed by atoms with E-state index < -0.39 is 10.0 Å². The first-order chi connectivity index (χ1) is 11.5. The topological polar surface area (TPSA) is 81.8 Å². The molecule has 10 heteroatoms. The van der Waals surface area contributed by atoms with Crippen LogP contribution >= 0.6 is 24.8 Å². The molecule has 1 aromatic carbocycles. The summed E-state index contributed by atoms with van der Waals surface area (Å²) in [6, 6.07) is 6.46. The number of carbonyl (C=O) groups is 1. The normalized spacial score (nSPS) is 15.6. The van der Waals surface area contributed by atoms with Gasteiger partial charge in [0, 0.05) is 44.8 Å². The zero-order chi connectivity index (χ0) is 17.6. The van der Waals surface area contributed by atoms with E-state index in [1.165, 1.54) is 10.4 Å². The first-order valence-corrected chi connectivity index (χ1v) is 9.68. The molecule has 1 aliphatic rings. The van der Waals surface area contributed by atoms with E-state index in [1.807, 2.05) is 0 Å². The zero-order valence-corrected chi connectivity index (χ0v) is 17.6. The SMILES string of the molecule is CCN1CCN(S(=O)(=O)c2cccc(NC(=O)CCNC)c2)CC1.Cl.Cl. The number of benzene rings is 1. The van der Waals surface area contributed by atoms with Crippen LogP contribution in [0.5, 0.6) is 0 Å². The second-order valence-corrected chi connectivity index (χ2v) is 7.71. The maximum atomic E-state index is 12.8. The maximum Gasteiger partial charge on any atom is 0.243 e. The highest BCUT2D eigenvalue weighted by molar-refractivity contribution is 7.89. The van der Waals surface area contributed by atoms with E-state index in [1.54, 1.807) is 25.2 Å². The van der Waals surface area contributed by atoms with Crippen LogP contribution < -0.4 is 10.6 Å². The smallest absolute Gasteiger partial charge is 0.243 e. The van der Waals surface area contributed by atoms with Crippen LogP contribution in [0.3, 0.4) is 0 Å². The molecule has 0 spiro atoms. The quantitative estimate of drug-likeness (QED) is 0.688.